The largest absolute Gasteiger partial charge is 0.486 e. The van der Waals surface area contributed by atoms with Gasteiger partial charge in [0.2, 0.25) is 6.10 Å². The van der Waals surface area contributed by atoms with Gasteiger partial charge in [0, 0.05) is 25.1 Å². The number of hydrogen-bond acceptors (Lipinski definition) is 5. The first kappa shape index (κ1) is 17.4. The molecule has 140 valence electrons. The zero-order valence-corrected chi connectivity index (χ0v) is 15.3. The van der Waals surface area contributed by atoms with Crippen LogP contribution < -0.4 is 9.47 Å². The van der Waals surface area contributed by atoms with Crippen molar-refractivity contribution < 1.29 is 19.1 Å². The van der Waals surface area contributed by atoms with E-state index in [4.69, 9.17) is 14.3 Å². The molecule has 1 unspecified atom stereocenters. The van der Waals surface area contributed by atoms with Crippen LogP contribution in [0.1, 0.15) is 24.5 Å². The van der Waals surface area contributed by atoms with E-state index in [0.717, 1.165) is 28.3 Å². The molecular formula is C21H22N2O4. The minimum atomic E-state index is -0.586. The normalized spacial score (nSPS) is 17.8. The summed E-state index contributed by atoms with van der Waals surface area (Å²) in [4.78, 5) is 20.2. The number of likely N-dealkylation sites (N-methyl/N-ethyl adjacent to an activating group) is 1. The summed E-state index contributed by atoms with van der Waals surface area (Å²) in [6.07, 6.45) is -0.108. The molecule has 1 amide bonds. The Labute approximate surface area is 158 Å². The highest BCUT2D eigenvalue weighted by molar-refractivity contribution is 6.04. The number of ether oxygens (including phenoxy) is 2. The van der Waals surface area contributed by atoms with Crippen molar-refractivity contribution >= 4 is 11.6 Å². The van der Waals surface area contributed by atoms with Crippen molar-refractivity contribution in [3.05, 3.63) is 59.7 Å². The van der Waals surface area contributed by atoms with E-state index >= 15 is 0 Å². The van der Waals surface area contributed by atoms with Crippen LogP contribution in [0, 0.1) is 0 Å². The second kappa shape index (κ2) is 7.70. The second-order valence-corrected chi connectivity index (χ2v) is 6.50. The average Bonchev–Trinajstić information content (AvgIpc) is 3.22. The van der Waals surface area contributed by atoms with E-state index in [0.29, 0.717) is 32.7 Å². The lowest BCUT2D eigenvalue weighted by Gasteiger charge is -2.26. The highest BCUT2D eigenvalue weighted by atomic mass is 16.6. The van der Waals surface area contributed by atoms with Crippen LogP contribution in [0.2, 0.25) is 0 Å². The molecular weight excluding hydrogens is 344 g/mol. The number of hydrogen-bond donors (Lipinski definition) is 0. The van der Waals surface area contributed by atoms with Gasteiger partial charge in [-0.1, -0.05) is 47.6 Å². The van der Waals surface area contributed by atoms with Gasteiger partial charge in [-0.3, -0.25) is 4.79 Å². The molecule has 0 radical (unpaired) electrons. The van der Waals surface area contributed by atoms with Crippen LogP contribution in [-0.4, -0.2) is 42.4 Å². The number of amides is 1. The van der Waals surface area contributed by atoms with Gasteiger partial charge in [-0.05, 0) is 18.6 Å². The van der Waals surface area contributed by atoms with Crippen molar-refractivity contribution in [3.8, 4) is 11.5 Å². The monoisotopic (exact) mass is 366 g/mol. The highest BCUT2D eigenvalue weighted by Crippen LogP contribution is 2.34. The Hall–Kier alpha value is -3.02. The molecule has 6 heteroatoms. The minimum Gasteiger partial charge on any atom is -0.486 e. The number of benzene rings is 2. The molecule has 2 aliphatic heterocycles. The predicted molar refractivity (Wildman–Crippen MR) is 101 cm³/mol. The van der Waals surface area contributed by atoms with E-state index < -0.39 is 6.10 Å². The lowest BCUT2D eigenvalue weighted by atomic mass is 10.0. The predicted octanol–water partition coefficient (Wildman–Crippen LogP) is 3.00. The molecule has 0 saturated carbocycles. The third-order valence-corrected chi connectivity index (χ3v) is 4.75. The molecule has 4 rings (SSSR count). The Morgan fingerprint density at radius 3 is 2.74 bits per heavy atom. The van der Waals surface area contributed by atoms with E-state index in [1.807, 2.05) is 55.5 Å². The standard InChI is InChI=1S/C21H22N2O4/c1-2-23(14-16-9-6-10-18-20(16)26-12-11-25-18)21(24)19-13-17(22-27-19)15-7-4-3-5-8-15/h3-10,19H,2,11-14H2,1H3. The molecule has 2 heterocycles. The van der Waals surface area contributed by atoms with Crippen molar-refractivity contribution in [2.75, 3.05) is 19.8 Å². The Bertz CT molecular complexity index is 851. The molecule has 2 aliphatic rings. The SMILES string of the molecule is CCN(Cc1cccc2c1OCCO2)C(=O)C1CC(c2ccccc2)=NO1. The van der Waals surface area contributed by atoms with Gasteiger partial charge >= 0.3 is 0 Å². The number of carbonyl (C=O) groups is 1. The van der Waals surface area contributed by atoms with Crippen molar-refractivity contribution in [1.29, 1.82) is 0 Å². The summed E-state index contributed by atoms with van der Waals surface area (Å²) in [6.45, 7) is 4.04. The quantitative estimate of drug-likeness (QED) is 0.816. The summed E-state index contributed by atoms with van der Waals surface area (Å²) in [6, 6.07) is 15.6. The summed E-state index contributed by atoms with van der Waals surface area (Å²) in [5.41, 5.74) is 2.72. The third-order valence-electron chi connectivity index (χ3n) is 4.75. The zero-order chi connectivity index (χ0) is 18.6. The zero-order valence-electron chi connectivity index (χ0n) is 15.3. The summed E-state index contributed by atoms with van der Waals surface area (Å²) < 4.78 is 11.4. The van der Waals surface area contributed by atoms with Crippen LogP contribution in [-0.2, 0) is 16.2 Å². The van der Waals surface area contributed by atoms with Gasteiger partial charge in [0.1, 0.15) is 13.2 Å². The first-order chi connectivity index (χ1) is 13.3. The van der Waals surface area contributed by atoms with Crippen LogP contribution in [0.15, 0.2) is 53.7 Å². The van der Waals surface area contributed by atoms with E-state index in [1.54, 1.807) is 4.90 Å². The van der Waals surface area contributed by atoms with Crippen molar-refractivity contribution in [2.24, 2.45) is 5.16 Å². The maximum Gasteiger partial charge on any atom is 0.267 e. The van der Waals surface area contributed by atoms with Crippen molar-refractivity contribution in [1.82, 2.24) is 4.90 Å². The molecule has 27 heavy (non-hydrogen) atoms. The Morgan fingerprint density at radius 1 is 1.11 bits per heavy atom. The van der Waals surface area contributed by atoms with Gasteiger partial charge in [0.15, 0.2) is 11.5 Å². The number of fused-ring (bicyclic) bond motifs is 1. The fourth-order valence-corrected chi connectivity index (χ4v) is 3.32. The Morgan fingerprint density at radius 2 is 1.93 bits per heavy atom. The van der Waals surface area contributed by atoms with Crippen molar-refractivity contribution in [3.63, 3.8) is 0 Å². The molecule has 0 N–H and O–H groups in total. The van der Waals surface area contributed by atoms with E-state index in [-0.39, 0.29) is 5.91 Å². The van der Waals surface area contributed by atoms with Crippen LogP contribution in [0.3, 0.4) is 0 Å². The van der Waals surface area contributed by atoms with E-state index in [2.05, 4.69) is 5.16 Å². The molecule has 1 atom stereocenters. The second-order valence-electron chi connectivity index (χ2n) is 6.50. The molecule has 6 nitrogen and oxygen atoms in total. The number of nitrogens with zero attached hydrogens (tertiary/aromatic N) is 2. The van der Waals surface area contributed by atoms with Gasteiger partial charge < -0.3 is 19.2 Å². The molecule has 0 aromatic heterocycles. The van der Waals surface area contributed by atoms with E-state index in [9.17, 15) is 4.79 Å². The molecule has 2 aromatic carbocycles. The summed E-state index contributed by atoms with van der Waals surface area (Å²) in [5, 5.41) is 4.13. The van der Waals surface area contributed by atoms with Gasteiger partial charge in [-0.2, -0.15) is 0 Å². The number of para-hydroxylation sites is 1. The number of carbonyl (C=O) groups excluding carboxylic acids is 1. The molecule has 0 aliphatic carbocycles. The van der Waals surface area contributed by atoms with Gasteiger partial charge in [0.25, 0.3) is 5.91 Å². The molecule has 0 spiro atoms. The van der Waals surface area contributed by atoms with Crippen LogP contribution >= 0.6 is 0 Å². The summed E-state index contributed by atoms with van der Waals surface area (Å²) in [7, 11) is 0. The first-order valence-electron chi connectivity index (χ1n) is 9.20. The minimum absolute atomic E-state index is 0.0680. The number of oxime groups is 1. The summed E-state index contributed by atoms with van der Waals surface area (Å²) >= 11 is 0. The van der Waals surface area contributed by atoms with E-state index in [1.165, 1.54) is 0 Å². The fourth-order valence-electron chi connectivity index (χ4n) is 3.32. The first-order valence-corrected chi connectivity index (χ1v) is 9.20. The summed E-state index contributed by atoms with van der Waals surface area (Å²) in [5.74, 6) is 1.39. The molecule has 0 saturated heterocycles. The third kappa shape index (κ3) is 3.60. The van der Waals surface area contributed by atoms with Gasteiger partial charge in [0.05, 0.1) is 5.71 Å². The molecule has 0 bridgehead atoms. The number of rotatable bonds is 5. The van der Waals surface area contributed by atoms with Crippen molar-refractivity contribution in [2.45, 2.75) is 26.0 Å². The van der Waals surface area contributed by atoms with Crippen LogP contribution in [0.5, 0.6) is 11.5 Å². The lowest BCUT2D eigenvalue weighted by Crippen LogP contribution is -2.39. The maximum atomic E-state index is 13.0. The smallest absolute Gasteiger partial charge is 0.267 e. The maximum absolute atomic E-state index is 13.0. The van der Waals surface area contributed by atoms with Crippen LogP contribution in [0.25, 0.3) is 0 Å². The lowest BCUT2D eigenvalue weighted by molar-refractivity contribution is -0.142. The molecule has 0 fully saturated rings. The molecule has 2 aromatic rings. The van der Waals surface area contributed by atoms with Gasteiger partial charge in [-0.25, -0.2) is 0 Å². The highest BCUT2D eigenvalue weighted by Gasteiger charge is 2.32. The van der Waals surface area contributed by atoms with Crippen LogP contribution in [0.4, 0.5) is 0 Å². The average molecular weight is 366 g/mol. The fraction of sp³-hybridized carbons (Fsp3) is 0.333. The Balaban J connectivity index is 1.45. The Kier molecular flexibility index (Phi) is 4.96. The van der Waals surface area contributed by atoms with Gasteiger partial charge in [-0.15, -0.1) is 0 Å². The topological polar surface area (TPSA) is 60.4 Å².